The Kier molecular flexibility index (Phi) is 4.71. The van der Waals surface area contributed by atoms with Crippen molar-refractivity contribution in [2.75, 3.05) is 13.2 Å². The number of rotatable bonds is 6. The van der Waals surface area contributed by atoms with Crippen molar-refractivity contribution in [3.63, 3.8) is 0 Å². The van der Waals surface area contributed by atoms with Crippen molar-refractivity contribution < 1.29 is 9.18 Å². The third kappa shape index (κ3) is 2.77. The molecular weight excluding hydrogens is 193 g/mol. The number of Topliss-reactive ketones (excluding diaryl/α,β-unsaturated/α-hetero) is 1. The maximum atomic E-state index is 12.3. The van der Waals surface area contributed by atoms with Crippen molar-refractivity contribution in [2.45, 2.75) is 51.5 Å². The van der Waals surface area contributed by atoms with Gasteiger partial charge in [0.25, 0.3) is 0 Å². The zero-order valence-electron chi connectivity index (χ0n) is 9.81. The summed E-state index contributed by atoms with van der Waals surface area (Å²) in [6.07, 6.45) is 3.89. The molecule has 1 fully saturated rings. The van der Waals surface area contributed by atoms with Gasteiger partial charge in [-0.1, -0.05) is 20.3 Å². The van der Waals surface area contributed by atoms with Gasteiger partial charge >= 0.3 is 0 Å². The third-order valence-electron chi connectivity index (χ3n) is 3.42. The molecule has 3 heteroatoms. The highest BCUT2D eigenvalue weighted by Crippen LogP contribution is 2.32. The lowest BCUT2D eigenvalue weighted by Gasteiger charge is -2.27. The normalized spacial score (nSPS) is 30.7. The van der Waals surface area contributed by atoms with E-state index < -0.39 is 0 Å². The van der Waals surface area contributed by atoms with Crippen molar-refractivity contribution in [3.05, 3.63) is 0 Å². The zero-order chi connectivity index (χ0) is 11.3. The molecule has 15 heavy (non-hydrogen) atoms. The summed E-state index contributed by atoms with van der Waals surface area (Å²) in [5.74, 6) is 0.641. The number of alkyl halides is 1. The molecule has 2 nitrogen and oxygen atoms in total. The van der Waals surface area contributed by atoms with Crippen LogP contribution in [0.25, 0.3) is 0 Å². The number of hydrogen-bond acceptors (Lipinski definition) is 2. The highest BCUT2D eigenvalue weighted by Gasteiger charge is 2.42. The standard InChI is InChI=1S/C12H22FNO/c1-3-6-12(11(15)4-2)8-10(5-7-13)9-14-12/h10,14H,3-9H2,1-2H3/t10-,12?/m1/s1. The summed E-state index contributed by atoms with van der Waals surface area (Å²) in [6.45, 7) is 4.53. The molecule has 0 aromatic carbocycles. The number of ketones is 1. The van der Waals surface area contributed by atoms with Crippen LogP contribution in [-0.2, 0) is 4.79 Å². The van der Waals surface area contributed by atoms with E-state index in [0.717, 1.165) is 25.8 Å². The molecule has 2 atom stereocenters. The van der Waals surface area contributed by atoms with E-state index in [1.807, 2.05) is 6.92 Å². The first-order chi connectivity index (χ1) is 7.18. The Hall–Kier alpha value is -0.440. The van der Waals surface area contributed by atoms with Crippen LogP contribution in [0.3, 0.4) is 0 Å². The maximum absolute atomic E-state index is 12.3. The number of carbonyl (C=O) groups is 1. The van der Waals surface area contributed by atoms with E-state index in [1.54, 1.807) is 0 Å². The van der Waals surface area contributed by atoms with Gasteiger partial charge in [0, 0.05) is 6.42 Å². The molecule has 1 unspecified atom stereocenters. The predicted octanol–water partition coefficient (Wildman–Crippen LogP) is 2.47. The molecule has 1 rings (SSSR count). The van der Waals surface area contributed by atoms with Gasteiger partial charge in [-0.2, -0.15) is 0 Å². The summed E-state index contributed by atoms with van der Waals surface area (Å²) in [5, 5.41) is 3.34. The molecule has 1 N–H and O–H groups in total. The molecule has 0 amide bonds. The van der Waals surface area contributed by atoms with Gasteiger partial charge in [0.15, 0.2) is 5.78 Å². The topological polar surface area (TPSA) is 29.1 Å². The van der Waals surface area contributed by atoms with Crippen LogP contribution in [0.5, 0.6) is 0 Å². The summed E-state index contributed by atoms with van der Waals surface area (Å²) in [7, 11) is 0. The lowest BCUT2D eigenvalue weighted by molar-refractivity contribution is -0.125. The second-order valence-electron chi connectivity index (χ2n) is 4.54. The Bertz CT molecular complexity index is 220. The molecular formula is C12H22FNO. The van der Waals surface area contributed by atoms with E-state index in [1.165, 1.54) is 0 Å². The molecule has 0 spiro atoms. The third-order valence-corrected chi connectivity index (χ3v) is 3.42. The largest absolute Gasteiger partial charge is 0.305 e. The van der Waals surface area contributed by atoms with E-state index >= 15 is 0 Å². The second kappa shape index (κ2) is 5.59. The molecule has 0 aromatic heterocycles. The fourth-order valence-corrected chi connectivity index (χ4v) is 2.64. The smallest absolute Gasteiger partial charge is 0.152 e. The first-order valence-electron chi connectivity index (χ1n) is 6.02. The highest BCUT2D eigenvalue weighted by atomic mass is 19.1. The van der Waals surface area contributed by atoms with Crippen LogP contribution < -0.4 is 5.32 Å². The predicted molar refractivity (Wildman–Crippen MR) is 59.6 cm³/mol. The molecule has 0 aromatic rings. The maximum Gasteiger partial charge on any atom is 0.152 e. The summed E-state index contributed by atoms with van der Waals surface area (Å²) in [6, 6.07) is 0. The Morgan fingerprint density at radius 2 is 2.27 bits per heavy atom. The van der Waals surface area contributed by atoms with Crippen LogP contribution in [0.2, 0.25) is 0 Å². The van der Waals surface area contributed by atoms with Gasteiger partial charge in [-0.05, 0) is 31.7 Å². The van der Waals surface area contributed by atoms with E-state index in [9.17, 15) is 9.18 Å². The second-order valence-corrected chi connectivity index (χ2v) is 4.54. The SMILES string of the molecule is CCCC1(C(=O)CC)C[C@@H](CCF)CN1. The first-order valence-corrected chi connectivity index (χ1v) is 6.02. The van der Waals surface area contributed by atoms with Crippen molar-refractivity contribution in [2.24, 2.45) is 5.92 Å². The minimum absolute atomic E-state index is 0.269. The molecule has 1 heterocycles. The summed E-state index contributed by atoms with van der Waals surface area (Å²) >= 11 is 0. The molecule has 1 aliphatic rings. The first kappa shape index (κ1) is 12.6. The molecule has 0 radical (unpaired) electrons. The van der Waals surface area contributed by atoms with Crippen molar-refractivity contribution in [1.29, 1.82) is 0 Å². The number of halogens is 1. The van der Waals surface area contributed by atoms with E-state index in [-0.39, 0.29) is 12.2 Å². The van der Waals surface area contributed by atoms with Gasteiger partial charge < -0.3 is 5.32 Å². The van der Waals surface area contributed by atoms with Crippen LogP contribution in [0, 0.1) is 5.92 Å². The van der Waals surface area contributed by atoms with Crippen molar-refractivity contribution >= 4 is 5.78 Å². The molecule has 1 aliphatic heterocycles. The van der Waals surface area contributed by atoms with Crippen LogP contribution in [0.15, 0.2) is 0 Å². The number of nitrogens with one attached hydrogen (secondary N) is 1. The lowest BCUT2D eigenvalue weighted by atomic mass is 9.83. The Labute approximate surface area is 91.6 Å². The van der Waals surface area contributed by atoms with E-state index in [4.69, 9.17) is 0 Å². The Morgan fingerprint density at radius 3 is 2.80 bits per heavy atom. The Balaban J connectivity index is 2.64. The van der Waals surface area contributed by atoms with Gasteiger partial charge in [-0.3, -0.25) is 9.18 Å². The molecule has 1 saturated heterocycles. The van der Waals surface area contributed by atoms with Crippen molar-refractivity contribution in [3.8, 4) is 0 Å². The number of hydrogen-bond donors (Lipinski definition) is 1. The monoisotopic (exact) mass is 215 g/mol. The van der Waals surface area contributed by atoms with Crippen LogP contribution in [0.4, 0.5) is 4.39 Å². The van der Waals surface area contributed by atoms with Crippen molar-refractivity contribution in [1.82, 2.24) is 5.32 Å². The zero-order valence-corrected chi connectivity index (χ0v) is 9.81. The Morgan fingerprint density at radius 1 is 1.53 bits per heavy atom. The minimum Gasteiger partial charge on any atom is -0.305 e. The van der Waals surface area contributed by atoms with Gasteiger partial charge in [0.1, 0.15) is 0 Å². The average Bonchev–Trinajstić information content (AvgIpc) is 2.63. The molecule has 88 valence electrons. The number of carbonyl (C=O) groups excluding carboxylic acids is 1. The van der Waals surface area contributed by atoms with E-state index in [2.05, 4.69) is 12.2 Å². The summed E-state index contributed by atoms with van der Waals surface area (Å²) in [4.78, 5) is 11.9. The van der Waals surface area contributed by atoms with Crippen LogP contribution in [0.1, 0.15) is 46.0 Å². The molecule has 0 bridgehead atoms. The summed E-state index contributed by atoms with van der Waals surface area (Å²) in [5.41, 5.74) is -0.330. The van der Waals surface area contributed by atoms with Gasteiger partial charge in [-0.15, -0.1) is 0 Å². The fraction of sp³-hybridized carbons (Fsp3) is 0.917. The lowest BCUT2D eigenvalue weighted by Crippen LogP contribution is -2.47. The minimum atomic E-state index is -0.330. The van der Waals surface area contributed by atoms with Crippen LogP contribution in [-0.4, -0.2) is 24.5 Å². The van der Waals surface area contributed by atoms with Gasteiger partial charge in [0.05, 0.1) is 12.2 Å². The molecule has 0 saturated carbocycles. The van der Waals surface area contributed by atoms with Gasteiger partial charge in [-0.25, -0.2) is 0 Å². The van der Waals surface area contributed by atoms with E-state index in [0.29, 0.717) is 24.5 Å². The average molecular weight is 215 g/mol. The quantitative estimate of drug-likeness (QED) is 0.737. The summed E-state index contributed by atoms with van der Waals surface area (Å²) < 4.78 is 12.3. The fourth-order valence-electron chi connectivity index (χ4n) is 2.64. The highest BCUT2D eigenvalue weighted by molar-refractivity contribution is 5.88. The van der Waals surface area contributed by atoms with Gasteiger partial charge in [0.2, 0.25) is 0 Å². The molecule has 0 aliphatic carbocycles. The van der Waals surface area contributed by atoms with Crippen LogP contribution >= 0.6 is 0 Å².